The van der Waals surface area contributed by atoms with E-state index < -0.39 is 0 Å². The zero-order valence-corrected chi connectivity index (χ0v) is 11.7. The summed E-state index contributed by atoms with van der Waals surface area (Å²) < 4.78 is 5.39. The lowest BCUT2D eigenvalue weighted by Crippen LogP contribution is -2.21. The Morgan fingerprint density at radius 2 is 2.00 bits per heavy atom. The molecule has 1 N–H and O–H groups in total. The molecule has 0 aliphatic rings. The van der Waals surface area contributed by atoms with Crippen LogP contribution in [-0.4, -0.2) is 20.1 Å². The van der Waals surface area contributed by atoms with E-state index in [9.17, 15) is 4.79 Å². The molecule has 1 amide bonds. The van der Waals surface area contributed by atoms with Gasteiger partial charge in [0, 0.05) is 13.5 Å². The van der Waals surface area contributed by atoms with E-state index in [4.69, 9.17) is 4.74 Å². The number of rotatable bonds is 6. The molecule has 0 saturated carbocycles. The Hall–Kier alpha value is -1.51. The van der Waals surface area contributed by atoms with Crippen molar-refractivity contribution >= 4 is 5.91 Å². The van der Waals surface area contributed by atoms with Gasteiger partial charge in [-0.05, 0) is 29.9 Å². The van der Waals surface area contributed by atoms with Crippen molar-refractivity contribution in [3.8, 4) is 5.75 Å². The summed E-state index contributed by atoms with van der Waals surface area (Å²) in [6, 6.07) is 7.95. The van der Waals surface area contributed by atoms with E-state index in [0.717, 1.165) is 17.7 Å². The Morgan fingerprint density at radius 3 is 2.56 bits per heavy atom. The predicted octanol–water partition coefficient (Wildman–Crippen LogP) is 2.96. The first-order chi connectivity index (χ1) is 8.58. The van der Waals surface area contributed by atoms with Gasteiger partial charge in [-0.1, -0.05) is 32.0 Å². The van der Waals surface area contributed by atoms with Crippen molar-refractivity contribution in [2.75, 3.05) is 14.2 Å². The highest BCUT2D eigenvalue weighted by molar-refractivity contribution is 5.76. The molecule has 18 heavy (non-hydrogen) atoms. The largest absolute Gasteiger partial charge is 0.496 e. The Bertz CT molecular complexity index is 388. The molecular weight excluding hydrogens is 226 g/mol. The smallest absolute Gasteiger partial charge is 0.220 e. The van der Waals surface area contributed by atoms with Crippen LogP contribution in [0.3, 0.4) is 0 Å². The normalized spacial score (nSPS) is 12.3. The molecule has 0 bridgehead atoms. The monoisotopic (exact) mass is 249 g/mol. The molecule has 1 aromatic rings. The van der Waals surface area contributed by atoms with E-state index in [1.807, 2.05) is 18.2 Å². The fraction of sp³-hybridized carbons (Fsp3) is 0.533. The van der Waals surface area contributed by atoms with Crippen LogP contribution in [0.5, 0.6) is 5.75 Å². The van der Waals surface area contributed by atoms with Crippen LogP contribution >= 0.6 is 0 Å². The second kappa shape index (κ2) is 7.04. The highest BCUT2D eigenvalue weighted by Gasteiger charge is 2.19. The van der Waals surface area contributed by atoms with Gasteiger partial charge in [-0.25, -0.2) is 0 Å². The fourth-order valence-electron chi connectivity index (χ4n) is 2.22. The topological polar surface area (TPSA) is 38.3 Å². The van der Waals surface area contributed by atoms with Crippen molar-refractivity contribution < 1.29 is 9.53 Å². The minimum absolute atomic E-state index is 0.0755. The van der Waals surface area contributed by atoms with E-state index in [1.54, 1.807) is 14.2 Å². The van der Waals surface area contributed by atoms with Crippen LogP contribution < -0.4 is 10.1 Å². The molecule has 0 aliphatic carbocycles. The number of amides is 1. The minimum Gasteiger partial charge on any atom is -0.496 e. The Balaban J connectivity index is 2.96. The number of hydrogen-bond donors (Lipinski definition) is 1. The molecule has 0 fully saturated rings. The third kappa shape index (κ3) is 4.06. The Morgan fingerprint density at radius 1 is 1.33 bits per heavy atom. The summed E-state index contributed by atoms with van der Waals surface area (Å²) in [7, 11) is 3.35. The molecule has 0 saturated heterocycles. The van der Waals surface area contributed by atoms with Crippen molar-refractivity contribution in [1.29, 1.82) is 0 Å². The van der Waals surface area contributed by atoms with Crippen LogP contribution in [0.1, 0.15) is 38.2 Å². The quantitative estimate of drug-likeness (QED) is 0.841. The number of hydrogen-bond acceptors (Lipinski definition) is 2. The van der Waals surface area contributed by atoms with Crippen molar-refractivity contribution in [1.82, 2.24) is 5.32 Å². The Labute approximate surface area is 110 Å². The number of nitrogens with one attached hydrogen (secondary N) is 1. The molecule has 0 radical (unpaired) electrons. The highest BCUT2D eigenvalue weighted by Crippen LogP contribution is 2.33. The average molecular weight is 249 g/mol. The summed E-state index contributed by atoms with van der Waals surface area (Å²) in [6.07, 6.45) is 1.49. The Kier molecular flexibility index (Phi) is 5.69. The molecule has 0 spiro atoms. The van der Waals surface area contributed by atoms with Crippen molar-refractivity contribution in [3.05, 3.63) is 29.8 Å². The first-order valence-electron chi connectivity index (χ1n) is 6.42. The van der Waals surface area contributed by atoms with Gasteiger partial charge in [0.1, 0.15) is 5.75 Å². The molecule has 0 aromatic heterocycles. The molecule has 0 aliphatic heterocycles. The van der Waals surface area contributed by atoms with E-state index in [1.165, 1.54) is 0 Å². The first-order valence-corrected chi connectivity index (χ1v) is 6.42. The number of benzene rings is 1. The van der Waals surface area contributed by atoms with Crippen LogP contribution in [0.15, 0.2) is 24.3 Å². The van der Waals surface area contributed by atoms with Gasteiger partial charge in [-0.2, -0.15) is 0 Å². The maximum Gasteiger partial charge on any atom is 0.220 e. The molecule has 100 valence electrons. The van der Waals surface area contributed by atoms with E-state index >= 15 is 0 Å². The van der Waals surface area contributed by atoms with Crippen molar-refractivity contribution in [2.24, 2.45) is 5.92 Å². The zero-order chi connectivity index (χ0) is 13.5. The summed E-state index contributed by atoms with van der Waals surface area (Å²) in [4.78, 5) is 11.6. The second-order valence-electron chi connectivity index (χ2n) is 4.95. The molecule has 3 heteroatoms. The van der Waals surface area contributed by atoms with Gasteiger partial charge in [0.15, 0.2) is 0 Å². The minimum atomic E-state index is 0.0755. The summed E-state index contributed by atoms with van der Waals surface area (Å²) in [5.74, 6) is 1.70. The molecule has 1 atom stereocenters. The lowest BCUT2D eigenvalue weighted by molar-refractivity contribution is -0.121. The van der Waals surface area contributed by atoms with Crippen LogP contribution in [0, 0.1) is 5.92 Å². The van der Waals surface area contributed by atoms with Gasteiger partial charge in [0.2, 0.25) is 5.91 Å². The molecule has 1 aromatic carbocycles. The number of carbonyl (C=O) groups excluding carboxylic acids is 1. The zero-order valence-electron chi connectivity index (χ0n) is 11.7. The predicted molar refractivity (Wildman–Crippen MR) is 73.9 cm³/mol. The average Bonchev–Trinajstić information content (AvgIpc) is 2.37. The maximum atomic E-state index is 11.6. The van der Waals surface area contributed by atoms with Crippen LogP contribution in [0.25, 0.3) is 0 Å². The van der Waals surface area contributed by atoms with Gasteiger partial charge in [0.05, 0.1) is 7.11 Å². The second-order valence-corrected chi connectivity index (χ2v) is 4.95. The van der Waals surface area contributed by atoms with E-state index in [2.05, 4.69) is 25.2 Å². The maximum absolute atomic E-state index is 11.6. The molecule has 0 heterocycles. The van der Waals surface area contributed by atoms with E-state index in [-0.39, 0.29) is 11.8 Å². The van der Waals surface area contributed by atoms with Crippen LogP contribution in [-0.2, 0) is 4.79 Å². The van der Waals surface area contributed by atoms with E-state index in [0.29, 0.717) is 12.3 Å². The standard InChI is InChI=1S/C15H23NO2/c1-11(2)9-12(10-15(17)16-3)13-7-5-6-8-14(13)18-4/h5-8,11-12H,9-10H2,1-4H3,(H,16,17). The molecule has 3 nitrogen and oxygen atoms in total. The number of methoxy groups -OCH3 is 1. The number of ether oxygens (including phenoxy) is 1. The number of carbonyl (C=O) groups is 1. The van der Waals surface area contributed by atoms with Gasteiger partial charge in [-0.15, -0.1) is 0 Å². The third-order valence-electron chi connectivity index (χ3n) is 3.05. The first kappa shape index (κ1) is 14.6. The third-order valence-corrected chi connectivity index (χ3v) is 3.05. The highest BCUT2D eigenvalue weighted by atomic mass is 16.5. The number of para-hydroxylation sites is 1. The van der Waals surface area contributed by atoms with Crippen LogP contribution in [0.2, 0.25) is 0 Å². The summed E-state index contributed by atoms with van der Waals surface area (Å²) in [6.45, 7) is 4.35. The fourth-order valence-corrected chi connectivity index (χ4v) is 2.22. The van der Waals surface area contributed by atoms with Gasteiger partial charge in [-0.3, -0.25) is 4.79 Å². The lowest BCUT2D eigenvalue weighted by atomic mass is 9.87. The van der Waals surface area contributed by atoms with Gasteiger partial charge < -0.3 is 10.1 Å². The molecule has 1 rings (SSSR count). The van der Waals surface area contributed by atoms with Crippen LogP contribution in [0.4, 0.5) is 0 Å². The SMILES string of the molecule is CNC(=O)CC(CC(C)C)c1ccccc1OC. The molecule has 1 unspecified atom stereocenters. The van der Waals surface area contributed by atoms with Gasteiger partial charge >= 0.3 is 0 Å². The summed E-state index contributed by atoms with van der Waals surface area (Å²) in [5.41, 5.74) is 1.12. The summed E-state index contributed by atoms with van der Waals surface area (Å²) in [5, 5.41) is 2.70. The lowest BCUT2D eigenvalue weighted by Gasteiger charge is -2.21. The van der Waals surface area contributed by atoms with Gasteiger partial charge in [0.25, 0.3) is 0 Å². The van der Waals surface area contributed by atoms with Crippen molar-refractivity contribution in [2.45, 2.75) is 32.6 Å². The summed E-state index contributed by atoms with van der Waals surface area (Å²) >= 11 is 0. The van der Waals surface area contributed by atoms with Crippen molar-refractivity contribution in [3.63, 3.8) is 0 Å². The molecular formula is C15H23NO2.